The summed E-state index contributed by atoms with van der Waals surface area (Å²) in [4.78, 5) is 54.5. The van der Waals surface area contributed by atoms with Crippen LogP contribution >= 0.6 is 11.8 Å². The first-order chi connectivity index (χ1) is 31.5. The molecule has 1 unspecified atom stereocenters. The van der Waals surface area contributed by atoms with Gasteiger partial charge in [-0.05, 0) is 92.0 Å². The molecule has 4 aromatic carbocycles. The van der Waals surface area contributed by atoms with Gasteiger partial charge in [-0.2, -0.15) is 13.2 Å². The van der Waals surface area contributed by atoms with Crippen LogP contribution in [0, 0.1) is 11.8 Å². The molecule has 0 bridgehead atoms. The largest absolute Gasteiger partial charge is 0.501 e. The Hall–Kier alpha value is -5.72. The van der Waals surface area contributed by atoms with Crippen molar-refractivity contribution in [1.29, 1.82) is 0 Å². The minimum Gasteiger partial charge on any atom is -0.380 e. The lowest BCUT2D eigenvalue weighted by atomic mass is 10.0. The van der Waals surface area contributed by atoms with Crippen LogP contribution in [0.1, 0.15) is 63.9 Å². The second-order valence-electron chi connectivity index (χ2n) is 16.0. The van der Waals surface area contributed by atoms with Crippen molar-refractivity contribution >= 4 is 60.9 Å². The molecule has 3 aliphatic heterocycles. The Morgan fingerprint density at radius 2 is 1.55 bits per heavy atom. The summed E-state index contributed by atoms with van der Waals surface area (Å²) in [6.45, 7) is 4.64. The molecule has 66 heavy (non-hydrogen) atoms. The lowest BCUT2D eigenvalue weighted by Crippen LogP contribution is -2.52. The number of imide groups is 1. The molecule has 2 atom stereocenters. The number of hydrogen-bond acceptors (Lipinski definition) is 12. The number of halogens is 3. The van der Waals surface area contributed by atoms with Gasteiger partial charge in [-0.3, -0.25) is 24.5 Å². The van der Waals surface area contributed by atoms with Crippen LogP contribution in [0.5, 0.6) is 0 Å². The maximum atomic E-state index is 14.1. The van der Waals surface area contributed by atoms with E-state index >= 15 is 0 Å². The summed E-state index contributed by atoms with van der Waals surface area (Å²) in [6, 6.07) is 23.1. The van der Waals surface area contributed by atoms with Crippen molar-refractivity contribution in [3.63, 3.8) is 0 Å². The third-order valence-electron chi connectivity index (χ3n) is 11.5. The molecule has 2 saturated heterocycles. The number of sulfonamides is 1. The SMILES string of the molecule is O=C1CCC(N2Cc3cc(C#CCCCN4CCN(CC[C@H](CSc5ccccc5)Nc5ccc(S(=O)(=O)NC(=O)c6ccccc6)cc5S(=O)(=O)C(F)(F)F)CC4)ccc3C2=O)C(=O)N1. The van der Waals surface area contributed by atoms with Gasteiger partial charge in [0.05, 0.1) is 10.6 Å². The average Bonchev–Trinajstić information content (AvgIpc) is 3.62. The summed E-state index contributed by atoms with van der Waals surface area (Å²) in [5, 5.41) is 5.31. The first-order valence-corrected chi connectivity index (χ1v) is 25.2. The number of unbranched alkanes of at least 4 members (excludes halogenated alkanes) is 1. The summed E-state index contributed by atoms with van der Waals surface area (Å²) in [5.41, 5.74) is -4.11. The molecule has 0 aliphatic carbocycles. The fourth-order valence-electron chi connectivity index (χ4n) is 7.88. The highest BCUT2D eigenvalue weighted by molar-refractivity contribution is 7.99. The maximum Gasteiger partial charge on any atom is 0.501 e. The van der Waals surface area contributed by atoms with E-state index in [4.69, 9.17) is 0 Å². The number of hydrogen-bond donors (Lipinski definition) is 3. The summed E-state index contributed by atoms with van der Waals surface area (Å²) < 4.78 is 96.5. The fourth-order valence-corrected chi connectivity index (χ4v) is 10.9. The molecule has 20 heteroatoms. The van der Waals surface area contributed by atoms with Gasteiger partial charge in [0.15, 0.2) is 0 Å². The van der Waals surface area contributed by atoms with E-state index < -0.39 is 64.7 Å². The number of piperidine rings is 1. The van der Waals surface area contributed by atoms with Crippen molar-refractivity contribution in [2.24, 2.45) is 0 Å². The molecule has 3 N–H and O–H groups in total. The molecule has 14 nitrogen and oxygen atoms in total. The molecule has 4 amide bonds. The summed E-state index contributed by atoms with van der Waals surface area (Å²) >= 11 is 1.43. The number of fused-ring (bicyclic) bond motifs is 1. The van der Waals surface area contributed by atoms with Crippen LogP contribution < -0.4 is 15.4 Å². The van der Waals surface area contributed by atoms with Crippen molar-refractivity contribution in [3.05, 3.63) is 119 Å². The summed E-state index contributed by atoms with van der Waals surface area (Å²) in [5.74, 6) is 4.67. The van der Waals surface area contributed by atoms with Gasteiger partial charge in [0, 0.05) is 85.5 Å². The maximum absolute atomic E-state index is 14.1. The van der Waals surface area contributed by atoms with Crippen molar-refractivity contribution in [1.82, 2.24) is 24.7 Å². The van der Waals surface area contributed by atoms with E-state index in [1.807, 2.05) is 36.4 Å². The van der Waals surface area contributed by atoms with E-state index in [1.54, 1.807) is 22.9 Å². The van der Waals surface area contributed by atoms with Gasteiger partial charge >= 0.3 is 5.51 Å². The van der Waals surface area contributed by atoms with Crippen LogP contribution in [-0.2, 0) is 36.0 Å². The standard InChI is InChI=1S/C46H47F3N6O8S3/c47-46(48,49)65(60,61)41-29-37(66(62,63)52-43(57)33-11-5-1-6-12-33)16-18-39(41)50-35(31-64-36-13-7-2-8-14-36)21-23-54-26-24-53(25-27-54)22-9-3-4-10-32-15-17-38-34(28-32)30-55(45(38)59)40-19-20-42(56)51-44(40)58/h1-2,5-8,11-18,28-29,35,40,50H,3,9,19-27,30-31H2,(H,52,57)(H,51,56,58)/t35-,40?/m1/s1. The Morgan fingerprint density at radius 3 is 2.23 bits per heavy atom. The Balaban J connectivity index is 0.942. The predicted octanol–water partition coefficient (Wildman–Crippen LogP) is 5.27. The number of nitrogens with one attached hydrogen (secondary N) is 3. The van der Waals surface area contributed by atoms with E-state index in [1.165, 1.54) is 40.9 Å². The van der Waals surface area contributed by atoms with Gasteiger partial charge in [0.2, 0.25) is 11.8 Å². The number of amides is 4. The Bertz CT molecular complexity index is 2740. The average molecular weight is 965 g/mol. The number of nitrogens with zero attached hydrogens (tertiary/aromatic N) is 3. The highest BCUT2D eigenvalue weighted by Crippen LogP contribution is 2.37. The number of thioether (sulfide) groups is 1. The molecular formula is C46H47F3N6O8S3. The van der Waals surface area contributed by atoms with Crippen molar-refractivity contribution in [3.8, 4) is 11.8 Å². The first kappa shape index (κ1) is 48.2. The second kappa shape index (κ2) is 20.8. The second-order valence-corrected chi connectivity index (χ2v) is 20.7. The summed E-state index contributed by atoms with van der Waals surface area (Å²) in [6.07, 6.45) is 2.37. The van der Waals surface area contributed by atoms with Crippen LogP contribution in [0.3, 0.4) is 0 Å². The number of alkyl halides is 3. The highest BCUT2D eigenvalue weighted by Gasteiger charge is 2.48. The van der Waals surface area contributed by atoms with Crippen LogP contribution in [0.25, 0.3) is 0 Å². The van der Waals surface area contributed by atoms with Crippen molar-refractivity contribution < 1.29 is 49.2 Å². The van der Waals surface area contributed by atoms with E-state index in [9.17, 15) is 49.2 Å². The minimum absolute atomic E-state index is 0.0258. The van der Waals surface area contributed by atoms with Crippen LogP contribution in [0.15, 0.2) is 112 Å². The lowest BCUT2D eigenvalue weighted by Gasteiger charge is -2.35. The highest BCUT2D eigenvalue weighted by atomic mass is 32.2. The van der Waals surface area contributed by atoms with Gasteiger partial charge in [0.25, 0.3) is 31.7 Å². The lowest BCUT2D eigenvalue weighted by molar-refractivity contribution is -0.136. The zero-order chi connectivity index (χ0) is 47.1. The molecule has 0 spiro atoms. The molecule has 3 heterocycles. The normalized spacial score (nSPS) is 17.7. The van der Waals surface area contributed by atoms with Gasteiger partial charge in [-0.1, -0.05) is 48.2 Å². The molecule has 0 saturated carbocycles. The number of benzene rings is 4. The molecule has 2 fully saturated rings. The molecule has 3 aliphatic rings. The third kappa shape index (κ3) is 11.8. The number of carbonyl (C=O) groups is 4. The van der Waals surface area contributed by atoms with E-state index in [-0.39, 0.29) is 30.3 Å². The quantitative estimate of drug-likeness (QED) is 0.0574. The van der Waals surface area contributed by atoms with Gasteiger partial charge in [-0.15, -0.1) is 11.8 Å². The van der Waals surface area contributed by atoms with Gasteiger partial charge in [-0.25, -0.2) is 21.6 Å². The van der Waals surface area contributed by atoms with Crippen LogP contribution in [0.2, 0.25) is 0 Å². The van der Waals surface area contributed by atoms with E-state index in [0.717, 1.165) is 67.3 Å². The van der Waals surface area contributed by atoms with Crippen molar-refractivity contribution in [2.75, 3.05) is 50.3 Å². The Kier molecular flexibility index (Phi) is 15.2. The van der Waals surface area contributed by atoms with Crippen molar-refractivity contribution in [2.45, 2.75) is 70.9 Å². The Morgan fingerprint density at radius 1 is 0.864 bits per heavy atom. The fraction of sp³-hybridized carbons (Fsp3) is 0.348. The number of piperazine rings is 1. The monoisotopic (exact) mass is 964 g/mol. The predicted molar refractivity (Wildman–Crippen MR) is 241 cm³/mol. The van der Waals surface area contributed by atoms with E-state index in [0.29, 0.717) is 43.2 Å². The number of rotatable bonds is 16. The van der Waals surface area contributed by atoms with E-state index in [2.05, 4.69) is 32.3 Å². The smallest absolute Gasteiger partial charge is 0.380 e. The number of anilines is 1. The topological polar surface area (TPSA) is 182 Å². The molecule has 348 valence electrons. The van der Waals surface area contributed by atoms with Crippen LogP contribution in [0.4, 0.5) is 18.9 Å². The zero-order valence-corrected chi connectivity index (χ0v) is 38.0. The first-order valence-electron chi connectivity index (χ1n) is 21.2. The van der Waals surface area contributed by atoms with Crippen LogP contribution in [-0.4, -0.2) is 118 Å². The number of carbonyl (C=O) groups excluding carboxylic acids is 4. The molecule has 0 radical (unpaired) electrons. The van der Waals surface area contributed by atoms with Gasteiger partial charge in [0.1, 0.15) is 10.9 Å². The zero-order valence-electron chi connectivity index (χ0n) is 35.6. The van der Waals surface area contributed by atoms with Gasteiger partial charge < -0.3 is 20.0 Å². The third-order valence-corrected chi connectivity index (χ3v) is 15.5. The Labute approximate surface area is 385 Å². The number of sulfone groups is 1. The summed E-state index contributed by atoms with van der Waals surface area (Å²) in [7, 11) is -10.9. The molecular weight excluding hydrogens is 918 g/mol. The molecule has 4 aromatic rings. The molecule has 7 rings (SSSR count). The minimum atomic E-state index is -6.07. The molecule has 0 aromatic heterocycles.